The molecule has 0 aliphatic carbocycles. The van der Waals surface area contributed by atoms with Crippen LogP contribution in [0, 0.1) is 27.7 Å². The van der Waals surface area contributed by atoms with Gasteiger partial charge < -0.3 is 10.3 Å². The van der Waals surface area contributed by atoms with Gasteiger partial charge in [0.15, 0.2) is 0 Å². The number of amides is 1. The van der Waals surface area contributed by atoms with Crippen molar-refractivity contribution < 1.29 is 4.79 Å². The molecule has 0 aliphatic heterocycles. The van der Waals surface area contributed by atoms with Crippen molar-refractivity contribution in [3.63, 3.8) is 0 Å². The molecule has 0 radical (unpaired) electrons. The Labute approximate surface area is 146 Å². The van der Waals surface area contributed by atoms with Crippen LogP contribution < -0.4 is 10.9 Å². The summed E-state index contributed by atoms with van der Waals surface area (Å²) in [5.74, 6) is -0.229. The lowest BCUT2D eigenvalue weighted by Gasteiger charge is -2.10. The van der Waals surface area contributed by atoms with Crippen LogP contribution in [-0.4, -0.2) is 15.9 Å². The van der Waals surface area contributed by atoms with Gasteiger partial charge in [0.25, 0.3) is 11.5 Å². The van der Waals surface area contributed by atoms with Crippen molar-refractivity contribution in [1.29, 1.82) is 0 Å². The summed E-state index contributed by atoms with van der Waals surface area (Å²) in [6.45, 7) is 7.72. The molecule has 128 valence electrons. The van der Waals surface area contributed by atoms with E-state index in [1.54, 1.807) is 0 Å². The third-order valence-electron chi connectivity index (χ3n) is 4.32. The van der Waals surface area contributed by atoms with E-state index in [0.29, 0.717) is 16.8 Å². The summed E-state index contributed by atoms with van der Waals surface area (Å²) in [5.41, 5.74) is 5.26. The highest BCUT2D eigenvalue weighted by molar-refractivity contribution is 5.98. The minimum Gasteiger partial charge on any atom is -0.348 e. The quantitative estimate of drug-likeness (QED) is 0.772. The SMILES string of the molecule is Cc1ccc2nc(C)c(C(=O)NCc3c(C)cc(C)[nH]c3=O)cc2c1. The molecule has 5 nitrogen and oxygen atoms in total. The first-order valence-corrected chi connectivity index (χ1v) is 8.21. The number of hydrogen-bond acceptors (Lipinski definition) is 3. The molecule has 1 amide bonds. The molecule has 0 fully saturated rings. The van der Waals surface area contributed by atoms with Crippen molar-refractivity contribution in [2.45, 2.75) is 34.2 Å². The van der Waals surface area contributed by atoms with Crippen LogP contribution in [-0.2, 0) is 6.54 Å². The van der Waals surface area contributed by atoms with Gasteiger partial charge in [-0.15, -0.1) is 0 Å². The number of aromatic nitrogens is 2. The molecule has 25 heavy (non-hydrogen) atoms. The highest BCUT2D eigenvalue weighted by Gasteiger charge is 2.13. The number of pyridine rings is 2. The van der Waals surface area contributed by atoms with Gasteiger partial charge in [-0.3, -0.25) is 14.6 Å². The Morgan fingerprint density at radius 3 is 2.60 bits per heavy atom. The smallest absolute Gasteiger partial charge is 0.253 e. The topological polar surface area (TPSA) is 74.8 Å². The normalized spacial score (nSPS) is 10.9. The second kappa shape index (κ2) is 6.51. The number of fused-ring (bicyclic) bond motifs is 1. The van der Waals surface area contributed by atoms with E-state index >= 15 is 0 Å². The molecule has 0 bridgehead atoms. The molecule has 0 spiro atoms. The first kappa shape index (κ1) is 16.9. The maximum absolute atomic E-state index is 12.6. The van der Waals surface area contributed by atoms with Crippen LogP contribution in [0.3, 0.4) is 0 Å². The summed E-state index contributed by atoms with van der Waals surface area (Å²) < 4.78 is 0. The fraction of sp³-hybridized carbons (Fsp3) is 0.250. The predicted octanol–water partition coefficient (Wildman–Crippen LogP) is 3.09. The second-order valence-corrected chi connectivity index (χ2v) is 6.44. The van der Waals surface area contributed by atoms with Crippen LogP contribution in [0.25, 0.3) is 10.9 Å². The van der Waals surface area contributed by atoms with Crippen LogP contribution in [0.1, 0.15) is 38.4 Å². The van der Waals surface area contributed by atoms with Crippen molar-refractivity contribution in [2.24, 2.45) is 0 Å². The van der Waals surface area contributed by atoms with Crippen LogP contribution in [0.5, 0.6) is 0 Å². The van der Waals surface area contributed by atoms with Gasteiger partial charge in [-0.05, 0) is 57.5 Å². The number of hydrogen-bond donors (Lipinski definition) is 2. The van der Waals surface area contributed by atoms with E-state index in [9.17, 15) is 9.59 Å². The number of aromatic amines is 1. The molecule has 1 aromatic carbocycles. The molecule has 0 atom stereocenters. The van der Waals surface area contributed by atoms with Gasteiger partial charge in [0, 0.05) is 23.2 Å². The van der Waals surface area contributed by atoms with Crippen molar-refractivity contribution in [2.75, 3.05) is 0 Å². The molecule has 2 N–H and O–H groups in total. The Morgan fingerprint density at radius 2 is 1.88 bits per heavy atom. The summed E-state index contributed by atoms with van der Waals surface area (Å²) in [4.78, 5) is 31.9. The van der Waals surface area contributed by atoms with Crippen molar-refractivity contribution in [3.05, 3.63) is 74.3 Å². The maximum atomic E-state index is 12.6. The van der Waals surface area contributed by atoms with E-state index in [4.69, 9.17) is 0 Å². The van der Waals surface area contributed by atoms with Gasteiger partial charge in [0.05, 0.1) is 16.8 Å². The standard InChI is InChI=1S/C20H21N3O2/c1-11-5-6-18-15(7-11)9-16(14(4)23-18)19(24)21-10-17-12(2)8-13(3)22-20(17)25/h5-9H,10H2,1-4H3,(H,21,24)(H,22,25). The zero-order chi connectivity index (χ0) is 18.1. The van der Waals surface area contributed by atoms with E-state index in [1.807, 2.05) is 58.0 Å². The summed E-state index contributed by atoms with van der Waals surface area (Å²) in [6.07, 6.45) is 0. The van der Waals surface area contributed by atoms with Gasteiger partial charge in [0.1, 0.15) is 0 Å². The Balaban J connectivity index is 1.88. The van der Waals surface area contributed by atoms with Crippen molar-refractivity contribution in [1.82, 2.24) is 15.3 Å². The molecule has 2 aromatic heterocycles. The van der Waals surface area contributed by atoms with Crippen LogP contribution >= 0.6 is 0 Å². The Morgan fingerprint density at radius 1 is 1.12 bits per heavy atom. The van der Waals surface area contributed by atoms with Crippen molar-refractivity contribution >= 4 is 16.8 Å². The summed E-state index contributed by atoms with van der Waals surface area (Å²) >= 11 is 0. The Bertz CT molecular complexity index is 1040. The lowest BCUT2D eigenvalue weighted by molar-refractivity contribution is 0.0950. The largest absolute Gasteiger partial charge is 0.348 e. The molecule has 0 unspecified atom stereocenters. The highest BCUT2D eigenvalue weighted by atomic mass is 16.1. The van der Waals surface area contributed by atoms with Gasteiger partial charge in [-0.1, -0.05) is 11.6 Å². The minimum absolute atomic E-state index is 0.165. The lowest BCUT2D eigenvalue weighted by Crippen LogP contribution is -2.28. The maximum Gasteiger partial charge on any atom is 0.253 e. The number of carbonyl (C=O) groups is 1. The summed E-state index contributed by atoms with van der Waals surface area (Å²) in [7, 11) is 0. The molecule has 0 aliphatic rings. The molecule has 0 saturated carbocycles. The van der Waals surface area contributed by atoms with E-state index in [2.05, 4.69) is 15.3 Å². The predicted molar refractivity (Wildman–Crippen MR) is 98.9 cm³/mol. The van der Waals surface area contributed by atoms with E-state index in [1.165, 1.54) is 0 Å². The lowest BCUT2D eigenvalue weighted by atomic mass is 10.1. The van der Waals surface area contributed by atoms with E-state index in [-0.39, 0.29) is 18.0 Å². The number of aryl methyl sites for hydroxylation is 4. The zero-order valence-electron chi connectivity index (χ0n) is 14.9. The number of rotatable bonds is 3. The van der Waals surface area contributed by atoms with Gasteiger partial charge >= 0.3 is 0 Å². The van der Waals surface area contributed by atoms with E-state index < -0.39 is 0 Å². The van der Waals surface area contributed by atoms with Crippen LogP contribution in [0.4, 0.5) is 0 Å². The minimum atomic E-state index is -0.229. The number of carbonyl (C=O) groups excluding carboxylic acids is 1. The molecule has 0 saturated heterocycles. The molecular weight excluding hydrogens is 314 g/mol. The zero-order valence-corrected chi connectivity index (χ0v) is 14.9. The monoisotopic (exact) mass is 335 g/mol. The van der Waals surface area contributed by atoms with Crippen LogP contribution in [0.2, 0.25) is 0 Å². The Hall–Kier alpha value is -2.95. The average molecular weight is 335 g/mol. The number of nitrogens with zero attached hydrogens (tertiary/aromatic N) is 1. The van der Waals surface area contributed by atoms with Crippen LogP contribution in [0.15, 0.2) is 35.1 Å². The molecule has 5 heteroatoms. The third-order valence-corrected chi connectivity index (χ3v) is 4.32. The second-order valence-electron chi connectivity index (χ2n) is 6.44. The molecular formula is C20H21N3O2. The number of H-pyrrole nitrogens is 1. The molecule has 3 aromatic rings. The fourth-order valence-corrected chi connectivity index (χ4v) is 2.99. The highest BCUT2D eigenvalue weighted by Crippen LogP contribution is 2.18. The Kier molecular flexibility index (Phi) is 4.40. The van der Waals surface area contributed by atoms with Crippen molar-refractivity contribution in [3.8, 4) is 0 Å². The first-order valence-electron chi connectivity index (χ1n) is 8.21. The first-order chi connectivity index (χ1) is 11.8. The number of nitrogens with one attached hydrogen (secondary N) is 2. The van der Waals surface area contributed by atoms with Gasteiger partial charge in [-0.2, -0.15) is 0 Å². The molecule has 3 rings (SSSR count). The van der Waals surface area contributed by atoms with E-state index in [0.717, 1.165) is 27.7 Å². The fourth-order valence-electron chi connectivity index (χ4n) is 2.99. The van der Waals surface area contributed by atoms with Gasteiger partial charge in [0.2, 0.25) is 0 Å². The average Bonchev–Trinajstić information content (AvgIpc) is 2.53. The number of benzene rings is 1. The van der Waals surface area contributed by atoms with Gasteiger partial charge in [-0.25, -0.2) is 0 Å². The summed E-state index contributed by atoms with van der Waals surface area (Å²) in [6, 6.07) is 9.71. The third kappa shape index (κ3) is 3.45. The molecule has 2 heterocycles. The summed E-state index contributed by atoms with van der Waals surface area (Å²) in [5, 5.41) is 3.77.